The summed E-state index contributed by atoms with van der Waals surface area (Å²) in [5.41, 5.74) is 2.17. The Kier molecular flexibility index (Phi) is 6.67. The fourth-order valence-corrected chi connectivity index (χ4v) is 8.61. The van der Waals surface area contributed by atoms with E-state index in [0.717, 1.165) is 35.5 Å². The van der Waals surface area contributed by atoms with Crippen molar-refractivity contribution in [3.05, 3.63) is 106 Å². The van der Waals surface area contributed by atoms with Crippen LogP contribution in [0.3, 0.4) is 0 Å². The lowest BCUT2D eigenvalue weighted by molar-refractivity contribution is -0.138. The van der Waals surface area contributed by atoms with Crippen LogP contribution in [0.15, 0.2) is 67.0 Å². The van der Waals surface area contributed by atoms with Crippen molar-refractivity contribution in [2.24, 2.45) is 13.0 Å². The second-order valence-electron chi connectivity index (χ2n) is 13.8. The summed E-state index contributed by atoms with van der Waals surface area (Å²) in [6.45, 7) is 3.40. The average Bonchev–Trinajstić information content (AvgIpc) is 3.69. The smallest absolute Gasteiger partial charge is 0.325 e. The molecule has 0 atom stereocenters. The van der Waals surface area contributed by atoms with Gasteiger partial charge in [-0.15, -0.1) is 10.2 Å². The van der Waals surface area contributed by atoms with E-state index < -0.39 is 23.1 Å². The van der Waals surface area contributed by atoms with Gasteiger partial charge in [0, 0.05) is 30.5 Å². The molecule has 1 aromatic heterocycles. The number of aromatic nitrogens is 3. The average molecular weight is 641 g/mol. The molecule has 0 unspecified atom stereocenters. The van der Waals surface area contributed by atoms with Crippen LogP contribution in [-0.4, -0.2) is 44.6 Å². The van der Waals surface area contributed by atoms with Gasteiger partial charge in [0.25, 0.3) is 5.91 Å². The van der Waals surface area contributed by atoms with Crippen LogP contribution in [0.1, 0.15) is 76.6 Å². The first-order valence-corrected chi connectivity index (χ1v) is 16.1. The van der Waals surface area contributed by atoms with Gasteiger partial charge in [-0.2, -0.15) is 13.2 Å². The highest BCUT2D eigenvalue weighted by molar-refractivity contribution is 6.10. The Morgan fingerprint density at radius 1 is 0.979 bits per heavy atom. The molecule has 3 aromatic carbocycles. The highest BCUT2D eigenvalue weighted by atomic mass is 19.4. The fraction of sp³-hybridized carbons (Fsp3) is 0.389. The fourth-order valence-electron chi connectivity index (χ4n) is 8.61. The third kappa shape index (κ3) is 4.61. The van der Waals surface area contributed by atoms with Gasteiger partial charge in [0.15, 0.2) is 0 Å². The summed E-state index contributed by atoms with van der Waals surface area (Å²) in [5, 5.41) is 11.5. The maximum Gasteiger partial charge on any atom is 0.416 e. The zero-order valence-corrected chi connectivity index (χ0v) is 26.3. The van der Waals surface area contributed by atoms with Gasteiger partial charge in [0.1, 0.15) is 12.2 Å². The first kappa shape index (κ1) is 29.9. The number of carbonyl (C=O) groups is 2. The number of amides is 2. The van der Waals surface area contributed by atoms with Crippen LogP contribution in [-0.2, 0) is 41.9 Å². The molecular formula is C36H35F3N6O2. The maximum atomic E-state index is 14.5. The number of alkyl halides is 3. The third-order valence-corrected chi connectivity index (χ3v) is 10.9. The topological polar surface area (TPSA) is 83.4 Å². The molecule has 1 N–H and O–H groups in total. The largest absolute Gasteiger partial charge is 0.416 e. The Hall–Kier alpha value is -4.51. The van der Waals surface area contributed by atoms with Crippen molar-refractivity contribution in [3.8, 4) is 0 Å². The zero-order valence-electron chi connectivity index (χ0n) is 26.3. The Labute approximate surface area is 270 Å². The Bertz CT molecular complexity index is 1920. The number of benzene rings is 3. The van der Waals surface area contributed by atoms with E-state index >= 15 is 0 Å². The number of piperidine rings is 1. The molecule has 1 saturated carbocycles. The molecule has 242 valence electrons. The molecule has 47 heavy (non-hydrogen) atoms. The molecular weight excluding hydrogens is 605 g/mol. The number of hydrogen-bond acceptors (Lipinski definition) is 5. The second-order valence-corrected chi connectivity index (χ2v) is 13.8. The van der Waals surface area contributed by atoms with Gasteiger partial charge in [0.05, 0.1) is 22.9 Å². The van der Waals surface area contributed by atoms with E-state index in [0.29, 0.717) is 43.1 Å². The number of halogens is 3. The summed E-state index contributed by atoms with van der Waals surface area (Å²) in [5.74, 6) is 0.877. The van der Waals surface area contributed by atoms with E-state index in [1.165, 1.54) is 11.0 Å². The molecule has 1 spiro atoms. The van der Waals surface area contributed by atoms with Crippen molar-refractivity contribution in [1.82, 2.24) is 19.7 Å². The molecule has 3 aliphatic heterocycles. The van der Waals surface area contributed by atoms with Crippen LogP contribution in [0.5, 0.6) is 0 Å². The number of hydrogen-bond donors (Lipinski definition) is 1. The summed E-state index contributed by atoms with van der Waals surface area (Å²) in [6.07, 6.45) is -0.0589. The molecule has 2 fully saturated rings. The monoisotopic (exact) mass is 640 g/mol. The molecule has 4 aromatic rings. The van der Waals surface area contributed by atoms with Gasteiger partial charge in [-0.05, 0) is 97.3 Å². The standard InChI is InChI=1S/C36H35F3N6O2/c1-22-17-35(18-22,32-42-40-21-43(32)2)24-6-5-7-25(16-24)45-20-27-26(31(45)46)14-23(15-29(27)36(37,38)39)19-44-12-10-34(11-13-44)28-8-3-4-9-30(28)41-33(34)47/h3-9,14-16,21-22H,10-13,17-20H2,1-2H3,(H,41,47). The normalized spacial score (nSPS) is 23.5. The Morgan fingerprint density at radius 3 is 2.45 bits per heavy atom. The summed E-state index contributed by atoms with van der Waals surface area (Å²) in [7, 11) is 1.91. The second kappa shape index (κ2) is 10.5. The minimum Gasteiger partial charge on any atom is -0.325 e. The van der Waals surface area contributed by atoms with Crippen LogP contribution >= 0.6 is 0 Å². The minimum absolute atomic E-state index is 0.00812. The van der Waals surface area contributed by atoms with Gasteiger partial charge in [0.2, 0.25) is 5.91 Å². The number of carbonyl (C=O) groups excluding carboxylic acids is 2. The number of fused-ring (bicyclic) bond motifs is 3. The predicted octanol–water partition coefficient (Wildman–Crippen LogP) is 6.20. The van der Waals surface area contributed by atoms with Crippen molar-refractivity contribution in [1.29, 1.82) is 0 Å². The van der Waals surface area contributed by atoms with E-state index in [1.807, 2.05) is 54.1 Å². The van der Waals surface area contributed by atoms with Crippen LogP contribution in [0.4, 0.5) is 24.5 Å². The molecule has 4 heterocycles. The van der Waals surface area contributed by atoms with Gasteiger partial charge < -0.3 is 14.8 Å². The van der Waals surface area contributed by atoms with Crippen LogP contribution in [0.25, 0.3) is 0 Å². The van der Waals surface area contributed by atoms with Gasteiger partial charge in [-0.25, -0.2) is 0 Å². The molecule has 0 radical (unpaired) electrons. The van der Waals surface area contributed by atoms with Crippen LogP contribution < -0.4 is 10.2 Å². The molecule has 1 saturated heterocycles. The van der Waals surface area contributed by atoms with Gasteiger partial charge >= 0.3 is 6.18 Å². The quantitative estimate of drug-likeness (QED) is 0.281. The molecule has 4 aliphatic rings. The molecule has 11 heteroatoms. The SMILES string of the molecule is CC1CC(c2cccc(N3Cc4c(cc(CN5CCC6(CC5)C(=O)Nc5ccccc56)cc4C(F)(F)F)C3=O)c2)(c2nncn2C)C1. The van der Waals surface area contributed by atoms with Crippen molar-refractivity contribution in [2.45, 2.75) is 62.7 Å². The molecule has 8 nitrogen and oxygen atoms in total. The van der Waals surface area contributed by atoms with Crippen molar-refractivity contribution >= 4 is 23.2 Å². The molecule has 0 bridgehead atoms. The van der Waals surface area contributed by atoms with Gasteiger partial charge in [-0.3, -0.25) is 14.5 Å². The van der Waals surface area contributed by atoms with E-state index in [4.69, 9.17) is 0 Å². The molecule has 2 amide bonds. The van der Waals surface area contributed by atoms with E-state index in [-0.39, 0.29) is 35.5 Å². The molecule has 8 rings (SSSR count). The third-order valence-electron chi connectivity index (χ3n) is 10.9. The van der Waals surface area contributed by atoms with E-state index in [9.17, 15) is 22.8 Å². The number of anilines is 2. The number of aryl methyl sites for hydroxylation is 1. The first-order chi connectivity index (χ1) is 22.5. The van der Waals surface area contributed by atoms with Gasteiger partial charge in [-0.1, -0.05) is 37.3 Å². The highest BCUT2D eigenvalue weighted by Gasteiger charge is 2.50. The minimum atomic E-state index is -4.62. The number of nitrogens with one attached hydrogen (secondary N) is 1. The Morgan fingerprint density at radius 2 is 1.74 bits per heavy atom. The maximum absolute atomic E-state index is 14.5. The number of likely N-dealkylation sites (tertiary alicyclic amines) is 1. The molecule has 1 aliphatic carbocycles. The van der Waals surface area contributed by atoms with Crippen molar-refractivity contribution < 1.29 is 22.8 Å². The van der Waals surface area contributed by atoms with Crippen LogP contribution in [0, 0.1) is 5.92 Å². The van der Waals surface area contributed by atoms with Crippen molar-refractivity contribution in [3.63, 3.8) is 0 Å². The Balaban J connectivity index is 1.06. The van der Waals surface area contributed by atoms with E-state index in [2.05, 4.69) is 27.3 Å². The lowest BCUT2D eigenvalue weighted by Gasteiger charge is -2.46. The predicted molar refractivity (Wildman–Crippen MR) is 170 cm³/mol. The summed E-state index contributed by atoms with van der Waals surface area (Å²) >= 11 is 0. The zero-order chi connectivity index (χ0) is 32.7. The number of para-hydroxylation sites is 1. The van der Waals surface area contributed by atoms with E-state index in [1.54, 1.807) is 18.5 Å². The first-order valence-electron chi connectivity index (χ1n) is 16.1. The summed E-state index contributed by atoms with van der Waals surface area (Å²) in [4.78, 5) is 30.5. The van der Waals surface area contributed by atoms with Crippen LogP contribution in [0.2, 0.25) is 0 Å². The summed E-state index contributed by atoms with van der Waals surface area (Å²) < 4.78 is 45.5. The number of nitrogens with zero attached hydrogens (tertiary/aromatic N) is 5. The lowest BCUT2D eigenvalue weighted by Crippen LogP contribution is -2.46. The van der Waals surface area contributed by atoms with Crippen molar-refractivity contribution in [2.75, 3.05) is 23.3 Å². The lowest BCUT2D eigenvalue weighted by atomic mass is 9.58. The highest BCUT2D eigenvalue weighted by Crippen LogP contribution is 2.52. The number of rotatable bonds is 5. The summed E-state index contributed by atoms with van der Waals surface area (Å²) in [6, 6.07) is 18.1.